The van der Waals surface area contributed by atoms with Crippen molar-refractivity contribution in [2.24, 2.45) is 0 Å². The zero-order chi connectivity index (χ0) is 17.0. The van der Waals surface area contributed by atoms with Crippen molar-refractivity contribution in [2.45, 2.75) is 0 Å². The van der Waals surface area contributed by atoms with Crippen molar-refractivity contribution in [3.63, 3.8) is 0 Å². The number of benzene rings is 4. The summed E-state index contributed by atoms with van der Waals surface area (Å²) in [4.78, 5) is 0. The first-order valence-electron chi connectivity index (χ1n) is 8.00. The summed E-state index contributed by atoms with van der Waals surface area (Å²) in [6.45, 7) is 0. The molecule has 0 radical (unpaired) electrons. The molecule has 0 aromatic heterocycles. The van der Waals surface area contributed by atoms with Crippen molar-refractivity contribution in [1.82, 2.24) is 0 Å². The van der Waals surface area contributed by atoms with Crippen molar-refractivity contribution in [1.29, 1.82) is 0 Å². The molecule has 0 fully saturated rings. The highest BCUT2D eigenvalue weighted by Gasteiger charge is 1.59. The summed E-state index contributed by atoms with van der Waals surface area (Å²) >= 11 is 0. The summed E-state index contributed by atoms with van der Waals surface area (Å²) in [7, 11) is 0. The van der Waals surface area contributed by atoms with Gasteiger partial charge in [0.15, 0.2) is 0 Å². The molecule has 0 unspecified atom stereocenters. The maximum Gasteiger partial charge on any atom is -0.0623 e. The van der Waals surface area contributed by atoms with Crippen LogP contribution in [0.3, 0.4) is 0 Å². The Labute approximate surface area is 146 Å². The van der Waals surface area contributed by atoms with Gasteiger partial charge in [-0.15, -0.1) is 0 Å². The standard InChI is InChI=1S/4C6H6/c4*1-2-4-6-5-3-1/h4*1-6H. The SMILES string of the molecule is c1ccccc1.c1ccccc1.c1ccccc1.c1ccccc1. The molecule has 4 aromatic rings. The molecular weight excluding hydrogens is 288 g/mol. The lowest BCUT2D eigenvalue weighted by atomic mass is 10.4. The summed E-state index contributed by atoms with van der Waals surface area (Å²) in [5.41, 5.74) is 0. The number of hydrogen-bond acceptors (Lipinski definition) is 0. The maximum absolute atomic E-state index is 2.00. The van der Waals surface area contributed by atoms with Gasteiger partial charge in [-0.25, -0.2) is 0 Å². The van der Waals surface area contributed by atoms with Gasteiger partial charge < -0.3 is 0 Å². The molecule has 0 aliphatic rings. The molecule has 0 N–H and O–H groups in total. The Morgan fingerprint density at radius 3 is 0.167 bits per heavy atom. The topological polar surface area (TPSA) is 0 Å². The van der Waals surface area contributed by atoms with Gasteiger partial charge in [-0.1, -0.05) is 146 Å². The minimum Gasteiger partial charge on any atom is -0.0623 e. The van der Waals surface area contributed by atoms with Gasteiger partial charge in [0.05, 0.1) is 0 Å². The molecule has 0 heterocycles. The van der Waals surface area contributed by atoms with E-state index < -0.39 is 0 Å². The molecular formula is C24H24. The first kappa shape index (κ1) is 18.9. The predicted octanol–water partition coefficient (Wildman–Crippen LogP) is 6.75. The summed E-state index contributed by atoms with van der Waals surface area (Å²) < 4.78 is 0. The molecule has 0 aliphatic heterocycles. The molecule has 0 saturated carbocycles. The van der Waals surface area contributed by atoms with Crippen LogP contribution in [0.4, 0.5) is 0 Å². The van der Waals surface area contributed by atoms with Gasteiger partial charge in [0.25, 0.3) is 0 Å². The molecule has 4 aromatic carbocycles. The summed E-state index contributed by atoms with van der Waals surface area (Å²) in [5, 5.41) is 0. The third-order valence-corrected chi connectivity index (χ3v) is 2.67. The van der Waals surface area contributed by atoms with Crippen LogP contribution in [0.25, 0.3) is 0 Å². The Kier molecular flexibility index (Phi) is 12.8. The molecule has 0 spiro atoms. The zero-order valence-electron chi connectivity index (χ0n) is 13.9. The van der Waals surface area contributed by atoms with Gasteiger partial charge in [-0.05, 0) is 0 Å². The van der Waals surface area contributed by atoms with E-state index in [1.165, 1.54) is 0 Å². The van der Waals surface area contributed by atoms with Crippen LogP contribution in [0.5, 0.6) is 0 Å². The summed E-state index contributed by atoms with van der Waals surface area (Å²) in [5.74, 6) is 0. The third-order valence-electron chi connectivity index (χ3n) is 2.67. The largest absolute Gasteiger partial charge is 0.0623 e. The predicted molar refractivity (Wildman–Crippen MR) is 106 cm³/mol. The Balaban J connectivity index is 0.000000160. The lowest BCUT2D eigenvalue weighted by Crippen LogP contribution is -1.47. The quantitative estimate of drug-likeness (QED) is 0.337. The maximum atomic E-state index is 2.00. The fourth-order valence-corrected chi connectivity index (χ4v) is 1.54. The molecule has 0 bridgehead atoms. The van der Waals surface area contributed by atoms with E-state index in [-0.39, 0.29) is 0 Å². The van der Waals surface area contributed by atoms with Crippen LogP contribution in [0, 0.1) is 0 Å². The third kappa shape index (κ3) is 13.8. The molecule has 0 nitrogen and oxygen atoms in total. The molecule has 0 aliphatic carbocycles. The first-order valence-corrected chi connectivity index (χ1v) is 8.00. The van der Waals surface area contributed by atoms with Crippen molar-refractivity contribution in [3.8, 4) is 0 Å². The van der Waals surface area contributed by atoms with E-state index in [9.17, 15) is 0 Å². The van der Waals surface area contributed by atoms with Crippen LogP contribution in [-0.4, -0.2) is 0 Å². The average Bonchev–Trinajstić information content (AvgIpc) is 2.75. The van der Waals surface area contributed by atoms with Crippen molar-refractivity contribution in [2.75, 3.05) is 0 Å². The van der Waals surface area contributed by atoms with Gasteiger partial charge in [0.1, 0.15) is 0 Å². The second kappa shape index (κ2) is 16.3. The highest BCUT2D eigenvalue weighted by Crippen LogP contribution is 1.81. The van der Waals surface area contributed by atoms with Crippen LogP contribution in [0.1, 0.15) is 0 Å². The van der Waals surface area contributed by atoms with E-state index in [0.717, 1.165) is 0 Å². The molecule has 0 amide bonds. The van der Waals surface area contributed by atoms with Gasteiger partial charge in [-0.3, -0.25) is 0 Å². The zero-order valence-corrected chi connectivity index (χ0v) is 13.9. The minimum absolute atomic E-state index is 2.00. The van der Waals surface area contributed by atoms with Crippen molar-refractivity contribution < 1.29 is 0 Å². The molecule has 24 heavy (non-hydrogen) atoms. The molecule has 120 valence electrons. The molecule has 0 saturated heterocycles. The Hall–Kier alpha value is -3.12. The van der Waals surface area contributed by atoms with Crippen LogP contribution in [-0.2, 0) is 0 Å². The second-order valence-electron chi connectivity index (χ2n) is 4.62. The van der Waals surface area contributed by atoms with Crippen LogP contribution in [0.15, 0.2) is 146 Å². The van der Waals surface area contributed by atoms with Crippen LogP contribution < -0.4 is 0 Å². The van der Waals surface area contributed by atoms with Crippen LogP contribution in [0.2, 0.25) is 0 Å². The normalized spacial score (nSPS) is 8.00. The fourth-order valence-electron chi connectivity index (χ4n) is 1.54. The monoisotopic (exact) mass is 312 g/mol. The lowest BCUT2D eigenvalue weighted by Gasteiger charge is -1.69. The molecule has 0 heteroatoms. The van der Waals surface area contributed by atoms with Gasteiger partial charge in [-0.2, -0.15) is 0 Å². The Bertz CT molecular complexity index is 414. The summed E-state index contributed by atoms with van der Waals surface area (Å²) in [6, 6.07) is 48.0. The second-order valence-corrected chi connectivity index (χ2v) is 4.62. The lowest BCUT2D eigenvalue weighted by molar-refractivity contribution is 1.72. The highest BCUT2D eigenvalue weighted by molar-refractivity contribution is 5.00. The van der Waals surface area contributed by atoms with Crippen molar-refractivity contribution in [3.05, 3.63) is 146 Å². The molecule has 4 rings (SSSR count). The van der Waals surface area contributed by atoms with Crippen molar-refractivity contribution >= 4 is 0 Å². The van der Waals surface area contributed by atoms with Gasteiger partial charge in [0.2, 0.25) is 0 Å². The van der Waals surface area contributed by atoms with Gasteiger partial charge >= 0.3 is 0 Å². The van der Waals surface area contributed by atoms with E-state index in [1.807, 2.05) is 146 Å². The van der Waals surface area contributed by atoms with Gasteiger partial charge in [0, 0.05) is 0 Å². The van der Waals surface area contributed by atoms with Crippen LogP contribution >= 0.6 is 0 Å². The number of rotatable bonds is 0. The fraction of sp³-hybridized carbons (Fsp3) is 0. The number of hydrogen-bond donors (Lipinski definition) is 0. The molecule has 0 atom stereocenters. The highest BCUT2D eigenvalue weighted by atomic mass is 13.7. The smallest absolute Gasteiger partial charge is 0.0623 e. The first-order chi connectivity index (χ1) is 12.0. The van der Waals surface area contributed by atoms with E-state index >= 15 is 0 Å². The minimum atomic E-state index is 2.00. The van der Waals surface area contributed by atoms with E-state index in [2.05, 4.69) is 0 Å². The average molecular weight is 312 g/mol. The van der Waals surface area contributed by atoms with E-state index in [1.54, 1.807) is 0 Å². The van der Waals surface area contributed by atoms with E-state index in [4.69, 9.17) is 0 Å². The van der Waals surface area contributed by atoms with E-state index in [0.29, 0.717) is 0 Å². The Morgan fingerprint density at radius 1 is 0.0833 bits per heavy atom. The summed E-state index contributed by atoms with van der Waals surface area (Å²) in [6.07, 6.45) is 0. The Morgan fingerprint density at radius 2 is 0.125 bits per heavy atom.